The van der Waals surface area contributed by atoms with E-state index in [0.717, 1.165) is 17.3 Å². The molecule has 0 aromatic heterocycles. The summed E-state index contributed by atoms with van der Waals surface area (Å²) in [5.41, 5.74) is 1.27. The van der Waals surface area contributed by atoms with E-state index >= 15 is 0 Å². The molecule has 76 valence electrons. The molecule has 1 rings (SSSR count). The number of aliphatic hydroxyl groups is 1. The molecule has 1 aromatic carbocycles. The van der Waals surface area contributed by atoms with Gasteiger partial charge in [-0.2, -0.15) is 0 Å². The molecule has 0 aliphatic carbocycles. The summed E-state index contributed by atoms with van der Waals surface area (Å²) >= 11 is 3.25. The second-order valence-corrected chi connectivity index (χ2v) is 4.52. The Kier molecular flexibility index (Phi) is 4.91. The lowest BCUT2D eigenvalue weighted by molar-refractivity contribution is 0.167. The summed E-state index contributed by atoms with van der Waals surface area (Å²) in [6.07, 6.45) is 2.05. The Morgan fingerprint density at radius 3 is 2.57 bits per heavy atom. The third-order valence-electron chi connectivity index (χ3n) is 2.07. The van der Waals surface area contributed by atoms with Gasteiger partial charge in [-0.15, -0.1) is 0 Å². The molecule has 0 spiro atoms. The van der Waals surface area contributed by atoms with E-state index in [4.69, 9.17) is 0 Å². The molecule has 1 aromatic rings. The Bertz CT molecular complexity index is 282. The van der Waals surface area contributed by atoms with Crippen molar-refractivity contribution >= 4 is 15.9 Å². The van der Waals surface area contributed by atoms with E-state index in [0.29, 0.717) is 6.42 Å². The Morgan fingerprint density at radius 2 is 2.00 bits per heavy atom. The molecule has 0 amide bonds. The molecule has 1 N–H and O–H groups in total. The second-order valence-electron chi connectivity index (χ2n) is 3.40. The number of rotatable bonds is 5. The van der Waals surface area contributed by atoms with Crippen molar-refractivity contribution in [1.29, 1.82) is 0 Å². The smallest absolute Gasteiger partial charge is 0.0588 e. The molecule has 0 heterocycles. The highest BCUT2D eigenvalue weighted by molar-refractivity contribution is 9.11. The van der Waals surface area contributed by atoms with Gasteiger partial charge < -0.3 is 5.11 Å². The summed E-state index contributed by atoms with van der Waals surface area (Å²) in [5, 5.41) is 9.59. The number of hydrogen-bond donors (Lipinski definition) is 1. The Labute approximate surface area is 93.6 Å². The van der Waals surface area contributed by atoms with Crippen LogP contribution >= 0.6 is 15.9 Å². The van der Waals surface area contributed by atoms with Crippen LogP contribution in [0.25, 0.3) is 0 Å². The van der Waals surface area contributed by atoms with E-state index in [1.165, 1.54) is 5.56 Å². The van der Waals surface area contributed by atoms with Gasteiger partial charge in [-0.25, -0.2) is 0 Å². The predicted octanol–water partition coefficient (Wildman–Crippen LogP) is 3.28. The highest BCUT2D eigenvalue weighted by atomic mass is 79.9. The Balaban J connectivity index is 2.30. The normalized spacial score (nSPS) is 12.4. The van der Waals surface area contributed by atoms with Crippen LogP contribution in [0.15, 0.2) is 41.4 Å². The summed E-state index contributed by atoms with van der Waals surface area (Å²) in [6.45, 7) is 3.71. The number of halogens is 1. The lowest BCUT2D eigenvalue weighted by atomic mass is 10.1. The summed E-state index contributed by atoms with van der Waals surface area (Å²) in [4.78, 5) is 0. The number of aryl methyl sites for hydroxylation is 1. The van der Waals surface area contributed by atoms with Crippen LogP contribution in [0.5, 0.6) is 0 Å². The fourth-order valence-electron chi connectivity index (χ4n) is 1.34. The minimum Gasteiger partial charge on any atom is -0.393 e. The lowest BCUT2D eigenvalue weighted by Crippen LogP contribution is -2.07. The Hall–Kier alpha value is -0.600. The van der Waals surface area contributed by atoms with E-state index in [2.05, 4.69) is 34.6 Å². The third-order valence-corrected chi connectivity index (χ3v) is 2.39. The average molecular weight is 255 g/mol. The van der Waals surface area contributed by atoms with Crippen molar-refractivity contribution in [3.8, 4) is 0 Å². The molecule has 14 heavy (non-hydrogen) atoms. The van der Waals surface area contributed by atoms with E-state index in [1.807, 2.05) is 18.2 Å². The maximum atomic E-state index is 9.59. The van der Waals surface area contributed by atoms with Crippen molar-refractivity contribution in [3.05, 3.63) is 47.0 Å². The standard InChI is InChI=1S/C12H15BrO/c1-10(13)9-12(14)8-7-11-5-3-2-4-6-11/h2-6,12,14H,1,7-9H2. The zero-order valence-electron chi connectivity index (χ0n) is 8.12. The molecule has 0 fully saturated rings. The highest BCUT2D eigenvalue weighted by Crippen LogP contribution is 2.14. The third kappa shape index (κ3) is 4.58. The van der Waals surface area contributed by atoms with Gasteiger partial charge in [0.25, 0.3) is 0 Å². The van der Waals surface area contributed by atoms with Crippen molar-refractivity contribution in [3.63, 3.8) is 0 Å². The van der Waals surface area contributed by atoms with Crippen LogP contribution in [0, 0.1) is 0 Å². The molecule has 0 bridgehead atoms. The van der Waals surface area contributed by atoms with E-state index in [-0.39, 0.29) is 6.10 Å². The first kappa shape index (κ1) is 11.5. The van der Waals surface area contributed by atoms with Gasteiger partial charge in [-0.1, -0.05) is 52.8 Å². The molecule has 2 heteroatoms. The topological polar surface area (TPSA) is 20.2 Å². The van der Waals surface area contributed by atoms with Crippen molar-refractivity contribution in [2.45, 2.75) is 25.4 Å². The molecule has 0 saturated heterocycles. The second kappa shape index (κ2) is 5.99. The fourth-order valence-corrected chi connectivity index (χ4v) is 1.71. The maximum absolute atomic E-state index is 9.59. The molecule has 0 aliphatic rings. The number of benzene rings is 1. The summed E-state index contributed by atoms with van der Waals surface area (Å²) < 4.78 is 0.859. The van der Waals surface area contributed by atoms with Crippen LogP contribution in [-0.4, -0.2) is 11.2 Å². The Morgan fingerprint density at radius 1 is 1.36 bits per heavy atom. The highest BCUT2D eigenvalue weighted by Gasteiger charge is 2.04. The van der Waals surface area contributed by atoms with Gasteiger partial charge in [0, 0.05) is 6.42 Å². The molecule has 0 saturated carbocycles. The van der Waals surface area contributed by atoms with Crippen molar-refractivity contribution in [1.82, 2.24) is 0 Å². The van der Waals surface area contributed by atoms with Crippen LogP contribution in [0.1, 0.15) is 18.4 Å². The van der Waals surface area contributed by atoms with E-state index < -0.39 is 0 Å². The van der Waals surface area contributed by atoms with Gasteiger partial charge in [-0.05, 0) is 22.9 Å². The maximum Gasteiger partial charge on any atom is 0.0588 e. The average Bonchev–Trinajstić information content (AvgIpc) is 2.15. The molecular weight excluding hydrogens is 240 g/mol. The molecule has 0 radical (unpaired) electrons. The first-order valence-electron chi connectivity index (χ1n) is 4.74. The van der Waals surface area contributed by atoms with E-state index in [1.54, 1.807) is 0 Å². The van der Waals surface area contributed by atoms with Gasteiger partial charge in [-0.3, -0.25) is 0 Å². The van der Waals surface area contributed by atoms with Crippen LogP contribution in [0.2, 0.25) is 0 Å². The molecule has 0 aliphatic heterocycles. The first-order valence-corrected chi connectivity index (χ1v) is 5.53. The van der Waals surface area contributed by atoms with Crippen LogP contribution in [-0.2, 0) is 6.42 Å². The number of hydrogen-bond acceptors (Lipinski definition) is 1. The van der Waals surface area contributed by atoms with Crippen molar-refractivity contribution in [2.75, 3.05) is 0 Å². The lowest BCUT2D eigenvalue weighted by Gasteiger charge is -2.09. The summed E-state index contributed by atoms with van der Waals surface area (Å²) in [5.74, 6) is 0. The van der Waals surface area contributed by atoms with Crippen molar-refractivity contribution in [2.24, 2.45) is 0 Å². The first-order chi connectivity index (χ1) is 6.68. The minimum absolute atomic E-state index is 0.290. The zero-order chi connectivity index (χ0) is 10.4. The molecule has 1 nitrogen and oxygen atoms in total. The fraction of sp³-hybridized carbons (Fsp3) is 0.333. The van der Waals surface area contributed by atoms with E-state index in [9.17, 15) is 5.11 Å². The number of aliphatic hydroxyl groups excluding tert-OH is 1. The minimum atomic E-state index is -0.290. The molecular formula is C12H15BrO. The summed E-state index contributed by atoms with van der Waals surface area (Å²) in [7, 11) is 0. The van der Waals surface area contributed by atoms with Gasteiger partial charge in [0.15, 0.2) is 0 Å². The zero-order valence-corrected chi connectivity index (χ0v) is 9.70. The predicted molar refractivity (Wildman–Crippen MR) is 63.5 cm³/mol. The quantitative estimate of drug-likeness (QED) is 0.856. The van der Waals surface area contributed by atoms with Gasteiger partial charge >= 0.3 is 0 Å². The van der Waals surface area contributed by atoms with Gasteiger partial charge in [0.1, 0.15) is 0 Å². The van der Waals surface area contributed by atoms with Crippen LogP contribution in [0.4, 0.5) is 0 Å². The van der Waals surface area contributed by atoms with Gasteiger partial charge in [0.05, 0.1) is 6.10 Å². The monoisotopic (exact) mass is 254 g/mol. The van der Waals surface area contributed by atoms with Crippen LogP contribution < -0.4 is 0 Å². The largest absolute Gasteiger partial charge is 0.393 e. The molecule has 1 unspecified atom stereocenters. The van der Waals surface area contributed by atoms with Crippen molar-refractivity contribution < 1.29 is 5.11 Å². The SMILES string of the molecule is C=C(Br)CC(O)CCc1ccccc1. The summed E-state index contributed by atoms with van der Waals surface area (Å²) in [6, 6.07) is 10.2. The van der Waals surface area contributed by atoms with Crippen LogP contribution in [0.3, 0.4) is 0 Å². The van der Waals surface area contributed by atoms with Gasteiger partial charge in [0.2, 0.25) is 0 Å². The molecule has 1 atom stereocenters.